The van der Waals surface area contributed by atoms with Crippen molar-refractivity contribution < 1.29 is 4.79 Å². The molecule has 0 aromatic carbocycles. The second kappa shape index (κ2) is 4.75. The van der Waals surface area contributed by atoms with Crippen LogP contribution in [-0.4, -0.2) is 16.8 Å². The van der Waals surface area contributed by atoms with Crippen molar-refractivity contribution in [2.24, 2.45) is 0 Å². The first-order valence-corrected chi connectivity index (χ1v) is 5.01. The van der Waals surface area contributed by atoms with E-state index in [1.807, 2.05) is 0 Å². The number of hydrogen-bond donors (Lipinski definition) is 1. The minimum Gasteiger partial charge on any atom is -0.351 e. The van der Waals surface area contributed by atoms with Crippen molar-refractivity contribution in [3.63, 3.8) is 0 Å². The van der Waals surface area contributed by atoms with Gasteiger partial charge in [0.25, 0.3) is 0 Å². The van der Waals surface area contributed by atoms with Gasteiger partial charge in [0, 0.05) is 17.8 Å². The smallest absolute Gasteiger partial charge is 0.217 e. The number of nitrogens with one attached hydrogen (secondary N) is 1. The lowest BCUT2D eigenvalue weighted by molar-refractivity contribution is -0.120. The van der Waals surface area contributed by atoms with Crippen molar-refractivity contribution in [1.29, 1.82) is 0 Å². The average molecular weight is 222 g/mol. The van der Waals surface area contributed by atoms with Crippen LogP contribution in [0.5, 0.6) is 0 Å². The van der Waals surface area contributed by atoms with Crippen molar-refractivity contribution in [2.45, 2.75) is 39.2 Å². The number of halogens is 1. The Morgan fingerprint density at radius 2 is 2.18 bits per heavy atom. The Kier molecular flexibility index (Phi) is 4.73. The highest BCUT2D eigenvalue weighted by Gasteiger charge is 2.21. The Morgan fingerprint density at radius 1 is 1.64 bits per heavy atom. The molecule has 2 nitrogen and oxygen atoms in total. The first-order chi connectivity index (χ1) is 5.04. The van der Waals surface area contributed by atoms with Crippen LogP contribution in [-0.2, 0) is 4.79 Å². The molecular weight excluding hydrogens is 206 g/mol. The van der Waals surface area contributed by atoms with Gasteiger partial charge in [-0.25, -0.2) is 0 Å². The van der Waals surface area contributed by atoms with E-state index >= 15 is 0 Å². The zero-order chi connectivity index (χ0) is 8.91. The van der Waals surface area contributed by atoms with E-state index in [1.54, 1.807) is 6.92 Å². The van der Waals surface area contributed by atoms with Gasteiger partial charge in [-0.05, 0) is 19.8 Å². The molecule has 0 aliphatic rings. The third kappa shape index (κ3) is 4.40. The molecule has 0 aliphatic carbocycles. The molecule has 0 radical (unpaired) electrons. The van der Waals surface area contributed by atoms with E-state index in [2.05, 4.69) is 35.1 Å². The Balaban J connectivity index is 3.98. The van der Waals surface area contributed by atoms with Crippen molar-refractivity contribution in [1.82, 2.24) is 5.32 Å². The lowest BCUT2D eigenvalue weighted by Gasteiger charge is -2.28. The van der Waals surface area contributed by atoms with E-state index in [0.29, 0.717) is 0 Å². The Morgan fingerprint density at radius 3 is 2.45 bits per heavy atom. The third-order valence-corrected chi connectivity index (χ3v) is 2.30. The molecule has 0 rings (SSSR count). The molecule has 11 heavy (non-hydrogen) atoms. The fraction of sp³-hybridized carbons (Fsp3) is 0.875. The van der Waals surface area contributed by atoms with Gasteiger partial charge < -0.3 is 5.32 Å². The van der Waals surface area contributed by atoms with Crippen LogP contribution in [0.15, 0.2) is 0 Å². The predicted octanol–water partition coefficient (Wildman–Crippen LogP) is 2.08. The molecule has 66 valence electrons. The first-order valence-electron chi connectivity index (χ1n) is 3.89. The third-order valence-electron chi connectivity index (χ3n) is 1.90. The van der Waals surface area contributed by atoms with Gasteiger partial charge in [0.05, 0.1) is 0 Å². The monoisotopic (exact) mass is 221 g/mol. The van der Waals surface area contributed by atoms with Gasteiger partial charge in [-0.3, -0.25) is 4.79 Å². The standard InChI is InChI=1S/C8H16BrNO/c1-4-8(3,5-6-9)10-7(2)11/h4-6H2,1-3H3,(H,10,11). The SMILES string of the molecule is CCC(C)(CCBr)NC(C)=O. The van der Waals surface area contributed by atoms with Crippen LogP contribution in [0, 0.1) is 0 Å². The number of alkyl halides is 1. The van der Waals surface area contributed by atoms with Crippen molar-refractivity contribution in [3.05, 3.63) is 0 Å². The van der Waals surface area contributed by atoms with Crippen LogP contribution in [0.25, 0.3) is 0 Å². The molecule has 0 aliphatic heterocycles. The van der Waals surface area contributed by atoms with Crippen LogP contribution in [0.3, 0.4) is 0 Å². The van der Waals surface area contributed by atoms with Gasteiger partial charge in [-0.1, -0.05) is 22.9 Å². The average Bonchev–Trinajstić information content (AvgIpc) is 1.87. The summed E-state index contributed by atoms with van der Waals surface area (Å²) in [6.07, 6.45) is 1.95. The van der Waals surface area contributed by atoms with Crippen LogP contribution in [0.4, 0.5) is 0 Å². The number of rotatable bonds is 4. The maximum absolute atomic E-state index is 10.8. The molecule has 0 bridgehead atoms. The van der Waals surface area contributed by atoms with E-state index in [1.165, 1.54) is 0 Å². The zero-order valence-corrected chi connectivity index (χ0v) is 8.99. The fourth-order valence-corrected chi connectivity index (χ4v) is 1.84. The molecule has 1 atom stereocenters. The van der Waals surface area contributed by atoms with Crippen molar-refractivity contribution >= 4 is 21.8 Å². The van der Waals surface area contributed by atoms with Gasteiger partial charge in [-0.2, -0.15) is 0 Å². The van der Waals surface area contributed by atoms with E-state index in [9.17, 15) is 4.79 Å². The molecule has 0 spiro atoms. The maximum atomic E-state index is 10.8. The largest absolute Gasteiger partial charge is 0.351 e. The summed E-state index contributed by atoms with van der Waals surface area (Å²) >= 11 is 3.36. The summed E-state index contributed by atoms with van der Waals surface area (Å²) in [5.74, 6) is 0.0512. The van der Waals surface area contributed by atoms with Crippen molar-refractivity contribution in [3.8, 4) is 0 Å². The highest BCUT2D eigenvalue weighted by Crippen LogP contribution is 2.15. The molecule has 1 unspecified atom stereocenters. The van der Waals surface area contributed by atoms with Gasteiger partial charge >= 0.3 is 0 Å². The highest BCUT2D eigenvalue weighted by molar-refractivity contribution is 9.09. The predicted molar refractivity (Wildman–Crippen MR) is 50.9 cm³/mol. The van der Waals surface area contributed by atoms with Gasteiger partial charge in [0.15, 0.2) is 0 Å². The first kappa shape index (κ1) is 11.0. The number of carbonyl (C=O) groups is 1. The van der Waals surface area contributed by atoms with Gasteiger partial charge in [0.1, 0.15) is 0 Å². The van der Waals surface area contributed by atoms with E-state index < -0.39 is 0 Å². The lowest BCUT2D eigenvalue weighted by atomic mass is 9.96. The molecular formula is C8H16BrNO. The molecule has 0 aromatic rings. The number of amides is 1. The fourth-order valence-electron chi connectivity index (χ4n) is 0.961. The summed E-state index contributed by atoms with van der Waals surface area (Å²) in [4.78, 5) is 10.8. The van der Waals surface area contributed by atoms with E-state index in [4.69, 9.17) is 0 Å². The second-order valence-electron chi connectivity index (χ2n) is 3.03. The highest BCUT2D eigenvalue weighted by atomic mass is 79.9. The van der Waals surface area contributed by atoms with Crippen LogP contribution < -0.4 is 5.32 Å². The van der Waals surface area contributed by atoms with Crippen LogP contribution in [0.2, 0.25) is 0 Å². The molecule has 0 heterocycles. The summed E-state index contributed by atoms with van der Waals surface area (Å²) in [5, 5.41) is 3.87. The molecule has 0 saturated heterocycles. The molecule has 0 saturated carbocycles. The second-order valence-corrected chi connectivity index (χ2v) is 3.83. The molecule has 1 N–H and O–H groups in total. The molecule has 0 fully saturated rings. The van der Waals surface area contributed by atoms with Crippen LogP contribution >= 0.6 is 15.9 Å². The van der Waals surface area contributed by atoms with Gasteiger partial charge in [-0.15, -0.1) is 0 Å². The lowest BCUT2D eigenvalue weighted by Crippen LogP contribution is -2.44. The quantitative estimate of drug-likeness (QED) is 0.725. The number of hydrogen-bond acceptors (Lipinski definition) is 1. The topological polar surface area (TPSA) is 29.1 Å². The Labute approximate surface area is 76.9 Å². The maximum Gasteiger partial charge on any atom is 0.217 e. The summed E-state index contributed by atoms with van der Waals surface area (Å²) < 4.78 is 0. The van der Waals surface area contributed by atoms with Crippen LogP contribution in [0.1, 0.15) is 33.6 Å². The molecule has 3 heteroatoms. The molecule has 0 aromatic heterocycles. The minimum absolute atomic E-state index is 0.0324. The van der Waals surface area contributed by atoms with E-state index in [-0.39, 0.29) is 11.4 Å². The summed E-state index contributed by atoms with van der Waals surface area (Å²) in [6.45, 7) is 5.70. The molecule has 1 amide bonds. The minimum atomic E-state index is -0.0324. The number of carbonyl (C=O) groups excluding carboxylic acids is 1. The zero-order valence-electron chi connectivity index (χ0n) is 7.41. The Bertz CT molecular complexity index is 138. The van der Waals surface area contributed by atoms with Gasteiger partial charge in [0.2, 0.25) is 5.91 Å². The Hall–Kier alpha value is -0.0500. The summed E-state index contributed by atoms with van der Waals surface area (Å²) in [7, 11) is 0. The normalized spacial score (nSPS) is 15.6. The summed E-state index contributed by atoms with van der Waals surface area (Å²) in [6, 6.07) is 0. The summed E-state index contributed by atoms with van der Waals surface area (Å²) in [5.41, 5.74) is -0.0324. The van der Waals surface area contributed by atoms with E-state index in [0.717, 1.165) is 18.2 Å². The van der Waals surface area contributed by atoms with Crippen molar-refractivity contribution in [2.75, 3.05) is 5.33 Å².